The SMILES string of the molecule is COc1ccc(OCC(=O)NNC(=S)NC(=O)/C=C/c2ccc([N+](=O)[O-])cc2)cc1. The highest BCUT2D eigenvalue weighted by Gasteiger charge is 2.06. The van der Waals surface area contributed by atoms with Crippen molar-refractivity contribution in [3.05, 3.63) is 70.3 Å². The van der Waals surface area contributed by atoms with Crippen molar-refractivity contribution < 1.29 is 24.0 Å². The van der Waals surface area contributed by atoms with Crippen LogP contribution in [-0.4, -0.2) is 35.6 Å². The Morgan fingerprint density at radius 1 is 1.07 bits per heavy atom. The molecule has 0 spiro atoms. The number of nitrogens with one attached hydrogen (secondary N) is 3. The van der Waals surface area contributed by atoms with Crippen LogP contribution in [0.4, 0.5) is 5.69 Å². The first-order chi connectivity index (χ1) is 14.4. The molecule has 0 unspecified atom stereocenters. The van der Waals surface area contributed by atoms with Crippen LogP contribution in [0, 0.1) is 10.1 Å². The van der Waals surface area contributed by atoms with Gasteiger partial charge >= 0.3 is 0 Å². The maximum Gasteiger partial charge on any atom is 0.276 e. The number of nitro groups is 1. The first kappa shape index (κ1) is 22.3. The Morgan fingerprint density at radius 3 is 2.30 bits per heavy atom. The number of rotatable bonds is 7. The van der Waals surface area contributed by atoms with Gasteiger partial charge in [-0.1, -0.05) is 0 Å². The van der Waals surface area contributed by atoms with Gasteiger partial charge in [-0.05, 0) is 60.3 Å². The normalized spacial score (nSPS) is 10.2. The average Bonchev–Trinajstić information content (AvgIpc) is 2.75. The van der Waals surface area contributed by atoms with E-state index in [0.29, 0.717) is 17.1 Å². The molecule has 0 saturated heterocycles. The molecule has 0 bridgehead atoms. The Kier molecular flexibility index (Phi) is 8.27. The van der Waals surface area contributed by atoms with E-state index in [2.05, 4.69) is 16.2 Å². The maximum atomic E-state index is 11.8. The second kappa shape index (κ2) is 11.1. The van der Waals surface area contributed by atoms with Gasteiger partial charge in [0.25, 0.3) is 11.6 Å². The third-order valence-electron chi connectivity index (χ3n) is 3.51. The molecule has 3 N–H and O–H groups in total. The van der Waals surface area contributed by atoms with E-state index in [0.717, 1.165) is 0 Å². The van der Waals surface area contributed by atoms with Gasteiger partial charge in [0.05, 0.1) is 12.0 Å². The van der Waals surface area contributed by atoms with Crippen LogP contribution in [0.25, 0.3) is 6.08 Å². The van der Waals surface area contributed by atoms with Crippen LogP contribution in [0.2, 0.25) is 0 Å². The van der Waals surface area contributed by atoms with E-state index in [9.17, 15) is 19.7 Å². The number of nitro benzene ring substituents is 1. The highest BCUT2D eigenvalue weighted by atomic mass is 32.1. The van der Waals surface area contributed by atoms with Crippen LogP contribution in [0.3, 0.4) is 0 Å². The number of carbonyl (C=O) groups is 2. The first-order valence-corrected chi connectivity index (χ1v) is 8.87. The largest absolute Gasteiger partial charge is 0.497 e. The summed E-state index contributed by atoms with van der Waals surface area (Å²) < 4.78 is 10.3. The second-order valence-electron chi connectivity index (χ2n) is 5.64. The van der Waals surface area contributed by atoms with Crippen molar-refractivity contribution in [2.75, 3.05) is 13.7 Å². The fourth-order valence-electron chi connectivity index (χ4n) is 2.05. The molecule has 0 atom stereocenters. The highest BCUT2D eigenvalue weighted by Crippen LogP contribution is 2.16. The quantitative estimate of drug-likeness (QED) is 0.262. The Balaban J connectivity index is 1.70. The highest BCUT2D eigenvalue weighted by molar-refractivity contribution is 7.80. The number of hydrogen-bond acceptors (Lipinski definition) is 7. The Bertz CT molecular complexity index is 945. The fraction of sp³-hybridized carbons (Fsp3) is 0.105. The zero-order valence-corrected chi connectivity index (χ0v) is 16.6. The van der Waals surface area contributed by atoms with Crippen LogP contribution in [0.15, 0.2) is 54.6 Å². The molecule has 2 rings (SSSR count). The number of nitrogens with zero attached hydrogens (tertiary/aromatic N) is 1. The van der Waals surface area contributed by atoms with E-state index in [-0.39, 0.29) is 17.4 Å². The van der Waals surface area contributed by atoms with E-state index in [1.165, 1.54) is 36.4 Å². The van der Waals surface area contributed by atoms with Crippen molar-refractivity contribution in [1.82, 2.24) is 16.2 Å². The lowest BCUT2D eigenvalue weighted by atomic mass is 10.2. The molecule has 0 aromatic heterocycles. The number of non-ortho nitro benzene ring substituents is 1. The first-order valence-electron chi connectivity index (χ1n) is 8.46. The predicted octanol–water partition coefficient (Wildman–Crippen LogP) is 1.72. The van der Waals surface area contributed by atoms with Crippen LogP contribution in [0.1, 0.15) is 5.56 Å². The van der Waals surface area contributed by atoms with Gasteiger partial charge in [0.15, 0.2) is 11.7 Å². The van der Waals surface area contributed by atoms with Crippen molar-refractivity contribution in [1.29, 1.82) is 0 Å². The van der Waals surface area contributed by atoms with E-state index < -0.39 is 16.7 Å². The Morgan fingerprint density at radius 2 is 1.70 bits per heavy atom. The summed E-state index contributed by atoms with van der Waals surface area (Å²) in [6.07, 6.45) is 2.66. The second-order valence-corrected chi connectivity index (χ2v) is 6.05. The van der Waals surface area contributed by atoms with Crippen LogP contribution in [0.5, 0.6) is 11.5 Å². The zero-order chi connectivity index (χ0) is 21.9. The van der Waals surface area contributed by atoms with Crippen LogP contribution < -0.4 is 25.6 Å². The molecule has 10 nitrogen and oxygen atoms in total. The number of thiocarbonyl (C=S) groups is 1. The minimum absolute atomic E-state index is 0.0475. The van der Waals surface area contributed by atoms with E-state index in [1.807, 2.05) is 0 Å². The molecule has 0 heterocycles. The summed E-state index contributed by atoms with van der Waals surface area (Å²) in [7, 11) is 1.54. The summed E-state index contributed by atoms with van der Waals surface area (Å²) in [5, 5.41) is 12.8. The summed E-state index contributed by atoms with van der Waals surface area (Å²) in [5.74, 6) is 0.0915. The van der Waals surface area contributed by atoms with Gasteiger partial charge in [0, 0.05) is 18.2 Å². The molecule has 2 amide bonds. The number of benzene rings is 2. The van der Waals surface area contributed by atoms with Gasteiger partial charge in [0.2, 0.25) is 5.91 Å². The summed E-state index contributed by atoms with van der Waals surface area (Å²) in [6, 6.07) is 12.4. The molecule has 0 radical (unpaired) electrons. The fourth-order valence-corrected chi connectivity index (χ4v) is 2.20. The summed E-state index contributed by atoms with van der Waals surface area (Å²) in [5.41, 5.74) is 5.21. The monoisotopic (exact) mass is 430 g/mol. The lowest BCUT2D eigenvalue weighted by Crippen LogP contribution is -2.49. The lowest BCUT2D eigenvalue weighted by molar-refractivity contribution is -0.384. The molecule has 2 aromatic rings. The third kappa shape index (κ3) is 7.56. The van der Waals surface area contributed by atoms with Gasteiger partial charge in [-0.25, -0.2) is 0 Å². The number of carbonyl (C=O) groups excluding carboxylic acids is 2. The number of ether oxygens (including phenoxy) is 2. The molecule has 0 aliphatic rings. The predicted molar refractivity (Wildman–Crippen MR) is 113 cm³/mol. The average molecular weight is 430 g/mol. The molecular formula is C19H18N4O6S. The van der Waals surface area contributed by atoms with Crippen LogP contribution >= 0.6 is 12.2 Å². The molecule has 30 heavy (non-hydrogen) atoms. The molecule has 0 aliphatic heterocycles. The molecular weight excluding hydrogens is 412 g/mol. The Labute approximate surface area is 177 Å². The van der Waals surface area contributed by atoms with Crippen molar-refractivity contribution in [2.24, 2.45) is 0 Å². The standard InChI is InChI=1S/C19H18N4O6S/c1-28-15-7-9-16(10-8-15)29-12-18(25)21-22-19(30)20-17(24)11-4-13-2-5-14(6-3-13)23(26)27/h2-11H,12H2,1H3,(H,21,25)(H2,20,22,24,30)/b11-4+. The topological polar surface area (TPSA) is 132 Å². The molecule has 0 saturated carbocycles. The number of amides is 2. The van der Waals surface area contributed by atoms with Gasteiger partial charge < -0.3 is 9.47 Å². The summed E-state index contributed by atoms with van der Waals surface area (Å²) >= 11 is 4.91. The van der Waals surface area contributed by atoms with Crippen molar-refractivity contribution in [3.8, 4) is 11.5 Å². The lowest BCUT2D eigenvalue weighted by Gasteiger charge is -2.10. The number of methoxy groups -OCH3 is 1. The molecule has 0 fully saturated rings. The van der Waals surface area contributed by atoms with Gasteiger partial charge in [0.1, 0.15) is 11.5 Å². The molecule has 0 aliphatic carbocycles. The van der Waals surface area contributed by atoms with Gasteiger partial charge in [-0.15, -0.1) is 0 Å². The number of hydrogen-bond donors (Lipinski definition) is 3. The van der Waals surface area contributed by atoms with Crippen LogP contribution in [-0.2, 0) is 9.59 Å². The smallest absolute Gasteiger partial charge is 0.276 e. The van der Waals surface area contributed by atoms with E-state index >= 15 is 0 Å². The van der Waals surface area contributed by atoms with Gasteiger partial charge in [-0.2, -0.15) is 0 Å². The summed E-state index contributed by atoms with van der Waals surface area (Å²) in [6.45, 7) is -0.268. The van der Waals surface area contributed by atoms with E-state index in [1.54, 1.807) is 31.4 Å². The van der Waals surface area contributed by atoms with Crippen molar-refractivity contribution >= 4 is 40.9 Å². The zero-order valence-electron chi connectivity index (χ0n) is 15.8. The van der Waals surface area contributed by atoms with Crippen molar-refractivity contribution in [3.63, 3.8) is 0 Å². The van der Waals surface area contributed by atoms with Gasteiger partial charge in [-0.3, -0.25) is 35.9 Å². The molecule has 11 heteroatoms. The molecule has 2 aromatic carbocycles. The third-order valence-corrected chi connectivity index (χ3v) is 3.72. The molecule has 156 valence electrons. The van der Waals surface area contributed by atoms with E-state index in [4.69, 9.17) is 21.7 Å². The minimum Gasteiger partial charge on any atom is -0.497 e. The van der Waals surface area contributed by atoms with Crippen molar-refractivity contribution in [2.45, 2.75) is 0 Å². The summed E-state index contributed by atoms with van der Waals surface area (Å²) in [4.78, 5) is 33.7. The minimum atomic E-state index is -0.547. The number of hydrazine groups is 1. The Hall–Kier alpha value is -3.99. The maximum absolute atomic E-state index is 11.8.